The lowest BCUT2D eigenvalue weighted by molar-refractivity contribution is 0.0742. The van der Waals surface area contributed by atoms with E-state index in [1.807, 2.05) is 6.07 Å². The Morgan fingerprint density at radius 2 is 2.41 bits per heavy atom. The molecule has 1 aromatic rings. The van der Waals surface area contributed by atoms with Gasteiger partial charge in [0.25, 0.3) is 0 Å². The molecule has 0 bridgehead atoms. The molecule has 1 aliphatic rings. The second-order valence-corrected chi connectivity index (χ2v) is 4.32. The van der Waals surface area contributed by atoms with E-state index in [1.54, 1.807) is 12.1 Å². The molecule has 1 saturated heterocycles. The third kappa shape index (κ3) is 4.42. The molecule has 1 fully saturated rings. The fourth-order valence-corrected chi connectivity index (χ4v) is 1.96. The first-order chi connectivity index (χ1) is 8.34. The molecule has 0 radical (unpaired) electrons. The van der Waals surface area contributed by atoms with Gasteiger partial charge in [-0.1, -0.05) is 12.1 Å². The van der Waals surface area contributed by atoms with Crippen molar-refractivity contribution in [3.05, 3.63) is 35.6 Å². The van der Waals surface area contributed by atoms with E-state index in [0.29, 0.717) is 12.6 Å². The molecule has 1 aromatic carbocycles. The Morgan fingerprint density at radius 3 is 3.18 bits per heavy atom. The topological polar surface area (TPSA) is 33.3 Å². The second-order valence-electron chi connectivity index (χ2n) is 4.32. The van der Waals surface area contributed by atoms with Crippen LogP contribution >= 0.6 is 0 Å². The van der Waals surface area contributed by atoms with Gasteiger partial charge in [-0.05, 0) is 30.7 Å². The first-order valence-electron chi connectivity index (χ1n) is 6.11. The summed E-state index contributed by atoms with van der Waals surface area (Å²) in [6.45, 7) is 4.17. The van der Waals surface area contributed by atoms with Gasteiger partial charge in [0.05, 0.1) is 13.2 Å². The molecule has 0 amide bonds. The molecule has 2 rings (SSSR count). The monoisotopic (exact) mass is 238 g/mol. The predicted octanol–water partition coefficient (Wildman–Crippen LogP) is 1.29. The van der Waals surface area contributed by atoms with Crippen LogP contribution in [0.15, 0.2) is 24.3 Å². The largest absolute Gasteiger partial charge is 0.379 e. The summed E-state index contributed by atoms with van der Waals surface area (Å²) in [5.41, 5.74) is 0.984. The maximum atomic E-state index is 12.9. The summed E-state index contributed by atoms with van der Waals surface area (Å²) < 4.78 is 18.3. The Hall–Kier alpha value is -0.970. The summed E-state index contributed by atoms with van der Waals surface area (Å²) in [5, 5.41) is 6.72. The smallest absolute Gasteiger partial charge is 0.123 e. The predicted molar refractivity (Wildman–Crippen MR) is 65.3 cm³/mol. The molecule has 4 heteroatoms. The first-order valence-corrected chi connectivity index (χ1v) is 6.11. The third-order valence-corrected chi connectivity index (χ3v) is 2.89. The van der Waals surface area contributed by atoms with Gasteiger partial charge in [0.2, 0.25) is 0 Å². The van der Waals surface area contributed by atoms with Crippen LogP contribution in [0.1, 0.15) is 12.0 Å². The Morgan fingerprint density at radius 1 is 1.47 bits per heavy atom. The van der Waals surface area contributed by atoms with E-state index < -0.39 is 0 Å². The highest BCUT2D eigenvalue weighted by Gasteiger charge is 2.11. The lowest BCUT2D eigenvalue weighted by atomic mass is 10.2. The summed E-state index contributed by atoms with van der Waals surface area (Å²) in [7, 11) is 0. The van der Waals surface area contributed by atoms with Crippen LogP contribution in [0.2, 0.25) is 0 Å². The van der Waals surface area contributed by atoms with Crippen LogP contribution in [-0.4, -0.2) is 32.3 Å². The van der Waals surface area contributed by atoms with E-state index >= 15 is 0 Å². The van der Waals surface area contributed by atoms with Crippen LogP contribution in [0.5, 0.6) is 0 Å². The van der Waals surface area contributed by atoms with E-state index in [0.717, 1.165) is 38.3 Å². The summed E-state index contributed by atoms with van der Waals surface area (Å²) in [6.07, 6.45) is 1.04. The zero-order valence-electron chi connectivity index (χ0n) is 9.92. The maximum absolute atomic E-state index is 12.9. The van der Waals surface area contributed by atoms with Gasteiger partial charge in [0.15, 0.2) is 0 Å². The molecule has 1 aliphatic heterocycles. The lowest BCUT2D eigenvalue weighted by Crippen LogP contribution is -2.42. The lowest BCUT2D eigenvalue weighted by Gasteiger charge is -2.23. The molecule has 2 N–H and O–H groups in total. The van der Waals surface area contributed by atoms with Crippen molar-refractivity contribution in [2.45, 2.75) is 19.0 Å². The number of hydrogen-bond donors (Lipinski definition) is 2. The third-order valence-electron chi connectivity index (χ3n) is 2.89. The van der Waals surface area contributed by atoms with Gasteiger partial charge in [-0.15, -0.1) is 0 Å². The Balaban J connectivity index is 1.62. The standard InChI is InChI=1S/C13H19FN2O/c14-12-3-1-2-11(8-12)9-15-5-4-13-10-17-7-6-16-13/h1-3,8,13,15-16H,4-7,9-10H2. The number of rotatable bonds is 5. The van der Waals surface area contributed by atoms with Crippen molar-refractivity contribution in [2.75, 3.05) is 26.3 Å². The SMILES string of the molecule is Fc1cccc(CNCCC2COCCN2)c1. The molecule has 17 heavy (non-hydrogen) atoms. The first kappa shape index (κ1) is 12.5. The summed E-state index contributed by atoms with van der Waals surface area (Å²) in [6, 6.07) is 7.15. The van der Waals surface area contributed by atoms with E-state index in [-0.39, 0.29) is 5.82 Å². The van der Waals surface area contributed by atoms with E-state index in [4.69, 9.17) is 4.74 Å². The summed E-state index contributed by atoms with van der Waals surface area (Å²) in [5.74, 6) is -0.174. The van der Waals surface area contributed by atoms with E-state index in [9.17, 15) is 4.39 Å². The molecule has 0 aromatic heterocycles. The van der Waals surface area contributed by atoms with Crippen molar-refractivity contribution in [3.8, 4) is 0 Å². The number of nitrogens with one attached hydrogen (secondary N) is 2. The van der Waals surface area contributed by atoms with Gasteiger partial charge in [-0.2, -0.15) is 0 Å². The Kier molecular flexibility index (Phi) is 4.91. The fraction of sp³-hybridized carbons (Fsp3) is 0.538. The second kappa shape index (κ2) is 6.69. The van der Waals surface area contributed by atoms with E-state index in [1.165, 1.54) is 6.07 Å². The molecule has 1 unspecified atom stereocenters. The number of ether oxygens (including phenoxy) is 1. The molecule has 1 heterocycles. The van der Waals surface area contributed by atoms with E-state index in [2.05, 4.69) is 10.6 Å². The normalized spacial score (nSPS) is 20.4. The molecule has 0 saturated carbocycles. The molecular formula is C13H19FN2O. The highest BCUT2D eigenvalue weighted by atomic mass is 19.1. The molecule has 94 valence electrons. The average Bonchev–Trinajstić information content (AvgIpc) is 2.36. The minimum Gasteiger partial charge on any atom is -0.379 e. The Bertz CT molecular complexity index is 340. The maximum Gasteiger partial charge on any atom is 0.123 e. The quantitative estimate of drug-likeness (QED) is 0.758. The summed E-state index contributed by atoms with van der Waals surface area (Å²) in [4.78, 5) is 0. The number of benzene rings is 1. The van der Waals surface area contributed by atoms with Gasteiger partial charge in [0, 0.05) is 19.1 Å². The Labute approximate surface area is 101 Å². The van der Waals surface area contributed by atoms with Crippen LogP contribution in [0, 0.1) is 5.82 Å². The van der Waals surface area contributed by atoms with Crippen LogP contribution in [0.4, 0.5) is 4.39 Å². The molecule has 3 nitrogen and oxygen atoms in total. The summed E-state index contributed by atoms with van der Waals surface area (Å²) >= 11 is 0. The van der Waals surface area contributed by atoms with Crippen molar-refractivity contribution in [2.24, 2.45) is 0 Å². The molecular weight excluding hydrogens is 219 g/mol. The van der Waals surface area contributed by atoms with Gasteiger partial charge >= 0.3 is 0 Å². The van der Waals surface area contributed by atoms with Gasteiger partial charge in [-0.3, -0.25) is 0 Å². The van der Waals surface area contributed by atoms with Crippen LogP contribution in [-0.2, 0) is 11.3 Å². The molecule has 0 aliphatic carbocycles. The van der Waals surface area contributed by atoms with Gasteiger partial charge in [-0.25, -0.2) is 4.39 Å². The van der Waals surface area contributed by atoms with Crippen molar-refractivity contribution in [1.29, 1.82) is 0 Å². The minimum atomic E-state index is -0.174. The molecule has 0 spiro atoms. The van der Waals surface area contributed by atoms with Gasteiger partial charge < -0.3 is 15.4 Å². The number of morpholine rings is 1. The van der Waals surface area contributed by atoms with Gasteiger partial charge in [0.1, 0.15) is 5.82 Å². The fourth-order valence-electron chi connectivity index (χ4n) is 1.96. The minimum absolute atomic E-state index is 0.174. The van der Waals surface area contributed by atoms with Crippen LogP contribution < -0.4 is 10.6 Å². The zero-order chi connectivity index (χ0) is 11.9. The number of halogens is 1. The highest BCUT2D eigenvalue weighted by molar-refractivity contribution is 5.15. The van der Waals surface area contributed by atoms with Crippen molar-refractivity contribution >= 4 is 0 Å². The highest BCUT2D eigenvalue weighted by Crippen LogP contribution is 2.03. The van der Waals surface area contributed by atoms with Crippen LogP contribution in [0.3, 0.4) is 0 Å². The van der Waals surface area contributed by atoms with Crippen molar-refractivity contribution < 1.29 is 9.13 Å². The molecule has 1 atom stereocenters. The average molecular weight is 238 g/mol. The van der Waals surface area contributed by atoms with Crippen LogP contribution in [0.25, 0.3) is 0 Å². The number of hydrogen-bond acceptors (Lipinski definition) is 3. The zero-order valence-corrected chi connectivity index (χ0v) is 9.92. The van der Waals surface area contributed by atoms with Crippen molar-refractivity contribution in [3.63, 3.8) is 0 Å². The van der Waals surface area contributed by atoms with Crippen molar-refractivity contribution in [1.82, 2.24) is 10.6 Å².